The molecule has 0 saturated carbocycles. The van der Waals surface area contributed by atoms with Crippen LogP contribution in [-0.4, -0.2) is 4.98 Å². The van der Waals surface area contributed by atoms with Gasteiger partial charge in [-0.05, 0) is 36.3 Å². The summed E-state index contributed by atoms with van der Waals surface area (Å²) in [5, 5.41) is 12.0. The highest BCUT2D eigenvalue weighted by Gasteiger charge is 2.05. The van der Waals surface area contributed by atoms with Crippen molar-refractivity contribution in [2.24, 2.45) is 0 Å². The highest BCUT2D eigenvalue weighted by molar-refractivity contribution is 5.82. The van der Waals surface area contributed by atoms with Crippen LogP contribution in [-0.2, 0) is 0 Å². The molecule has 0 aliphatic heterocycles. The van der Waals surface area contributed by atoms with E-state index in [2.05, 4.69) is 29.5 Å². The van der Waals surface area contributed by atoms with E-state index in [4.69, 9.17) is 5.26 Å². The number of anilines is 1. The first-order chi connectivity index (χ1) is 9.61. The van der Waals surface area contributed by atoms with Crippen LogP contribution < -0.4 is 5.32 Å². The zero-order valence-electron chi connectivity index (χ0n) is 11.4. The molecule has 0 atom stereocenters. The SMILES string of the molecule is C=C(Nc1cnccc1C(=C)C)c1ccc(C#N)cc1. The molecule has 98 valence electrons. The van der Waals surface area contributed by atoms with Gasteiger partial charge in [-0.3, -0.25) is 4.98 Å². The van der Waals surface area contributed by atoms with Gasteiger partial charge in [0.25, 0.3) is 0 Å². The van der Waals surface area contributed by atoms with Gasteiger partial charge in [0, 0.05) is 17.5 Å². The summed E-state index contributed by atoms with van der Waals surface area (Å²) in [6.45, 7) is 9.93. The number of pyridine rings is 1. The molecule has 0 unspecified atom stereocenters. The van der Waals surface area contributed by atoms with Crippen molar-refractivity contribution in [3.05, 3.63) is 72.6 Å². The van der Waals surface area contributed by atoms with Gasteiger partial charge in [-0.1, -0.05) is 25.3 Å². The number of allylic oxidation sites excluding steroid dienone is 1. The third kappa shape index (κ3) is 2.93. The molecule has 3 nitrogen and oxygen atoms in total. The molecule has 1 heterocycles. The van der Waals surface area contributed by atoms with Crippen molar-refractivity contribution in [2.45, 2.75) is 6.92 Å². The Bertz CT molecular complexity index is 691. The molecule has 20 heavy (non-hydrogen) atoms. The lowest BCUT2D eigenvalue weighted by molar-refractivity contribution is 1.31. The Morgan fingerprint density at radius 3 is 2.50 bits per heavy atom. The number of nitrogens with one attached hydrogen (secondary N) is 1. The summed E-state index contributed by atoms with van der Waals surface area (Å²) in [4.78, 5) is 4.11. The summed E-state index contributed by atoms with van der Waals surface area (Å²) >= 11 is 0. The molecule has 0 radical (unpaired) electrons. The van der Waals surface area contributed by atoms with Gasteiger partial charge in [-0.25, -0.2) is 0 Å². The summed E-state index contributed by atoms with van der Waals surface area (Å²) in [5.41, 5.74) is 5.16. The van der Waals surface area contributed by atoms with E-state index in [1.54, 1.807) is 24.5 Å². The van der Waals surface area contributed by atoms with Crippen LogP contribution in [0.2, 0.25) is 0 Å². The minimum Gasteiger partial charge on any atom is -0.354 e. The number of hydrogen-bond acceptors (Lipinski definition) is 3. The van der Waals surface area contributed by atoms with Crippen molar-refractivity contribution >= 4 is 17.0 Å². The maximum absolute atomic E-state index is 8.79. The molecule has 1 aromatic carbocycles. The van der Waals surface area contributed by atoms with Crippen LogP contribution >= 0.6 is 0 Å². The largest absolute Gasteiger partial charge is 0.354 e. The maximum Gasteiger partial charge on any atom is 0.0991 e. The van der Waals surface area contributed by atoms with Gasteiger partial charge in [-0.15, -0.1) is 0 Å². The standard InChI is InChI=1S/C17H15N3/c1-12(2)16-8-9-19-11-17(16)20-13(3)15-6-4-14(10-18)5-7-15/h4-9,11,20H,1,3H2,2H3. The zero-order valence-corrected chi connectivity index (χ0v) is 11.4. The van der Waals surface area contributed by atoms with Crippen LogP contribution in [0.3, 0.4) is 0 Å². The van der Waals surface area contributed by atoms with E-state index in [0.29, 0.717) is 5.56 Å². The molecule has 0 fully saturated rings. The van der Waals surface area contributed by atoms with Crippen LogP contribution in [0.4, 0.5) is 5.69 Å². The van der Waals surface area contributed by atoms with Crippen molar-refractivity contribution in [3.8, 4) is 6.07 Å². The zero-order chi connectivity index (χ0) is 14.5. The average Bonchev–Trinajstić information content (AvgIpc) is 2.47. The predicted molar refractivity (Wildman–Crippen MR) is 82.8 cm³/mol. The van der Waals surface area contributed by atoms with Gasteiger partial charge in [0.1, 0.15) is 0 Å². The highest BCUT2D eigenvalue weighted by atomic mass is 14.9. The van der Waals surface area contributed by atoms with Crippen molar-refractivity contribution < 1.29 is 0 Å². The van der Waals surface area contributed by atoms with Crippen LogP contribution in [0.25, 0.3) is 11.3 Å². The second kappa shape index (κ2) is 5.85. The van der Waals surface area contributed by atoms with Crippen LogP contribution in [0.5, 0.6) is 0 Å². The fraction of sp³-hybridized carbons (Fsp3) is 0.0588. The monoisotopic (exact) mass is 261 g/mol. The molecule has 1 N–H and O–H groups in total. The molecular weight excluding hydrogens is 246 g/mol. The first kappa shape index (κ1) is 13.6. The molecule has 0 bridgehead atoms. The van der Waals surface area contributed by atoms with E-state index < -0.39 is 0 Å². The number of nitriles is 1. The lowest BCUT2D eigenvalue weighted by Gasteiger charge is -2.13. The number of hydrogen-bond donors (Lipinski definition) is 1. The van der Waals surface area contributed by atoms with Crippen molar-refractivity contribution in [1.82, 2.24) is 4.98 Å². The lowest BCUT2D eigenvalue weighted by atomic mass is 10.1. The normalized spacial score (nSPS) is 9.60. The number of nitrogens with zero attached hydrogens (tertiary/aromatic N) is 2. The number of aromatic nitrogens is 1. The third-order valence-corrected chi connectivity index (χ3v) is 2.93. The summed E-state index contributed by atoms with van der Waals surface area (Å²) in [5.74, 6) is 0. The Hall–Kier alpha value is -2.86. The van der Waals surface area contributed by atoms with E-state index in [9.17, 15) is 0 Å². The first-order valence-electron chi connectivity index (χ1n) is 6.18. The lowest BCUT2D eigenvalue weighted by Crippen LogP contribution is -2.00. The Morgan fingerprint density at radius 2 is 1.90 bits per heavy atom. The van der Waals surface area contributed by atoms with E-state index >= 15 is 0 Å². The van der Waals surface area contributed by atoms with Gasteiger partial charge in [0.05, 0.1) is 23.5 Å². The van der Waals surface area contributed by atoms with E-state index in [-0.39, 0.29) is 0 Å². The van der Waals surface area contributed by atoms with E-state index in [0.717, 1.165) is 28.1 Å². The van der Waals surface area contributed by atoms with Crippen molar-refractivity contribution in [2.75, 3.05) is 5.32 Å². The second-order valence-corrected chi connectivity index (χ2v) is 4.49. The Labute approximate surface area is 118 Å². The predicted octanol–water partition coefficient (Wildman–Crippen LogP) is 4.07. The smallest absolute Gasteiger partial charge is 0.0991 e. The molecule has 3 heteroatoms. The van der Waals surface area contributed by atoms with Crippen molar-refractivity contribution in [1.29, 1.82) is 5.26 Å². The number of benzene rings is 1. The molecule has 0 spiro atoms. The van der Waals surface area contributed by atoms with Crippen LogP contribution in [0.1, 0.15) is 23.6 Å². The summed E-state index contributed by atoms with van der Waals surface area (Å²) in [6, 6.07) is 11.3. The molecule has 0 amide bonds. The Kier molecular flexibility index (Phi) is 3.97. The van der Waals surface area contributed by atoms with Crippen molar-refractivity contribution in [3.63, 3.8) is 0 Å². The Morgan fingerprint density at radius 1 is 1.20 bits per heavy atom. The summed E-state index contributed by atoms with van der Waals surface area (Å²) < 4.78 is 0. The fourth-order valence-electron chi connectivity index (χ4n) is 1.85. The van der Waals surface area contributed by atoms with Gasteiger partial charge in [0.2, 0.25) is 0 Å². The molecular formula is C17H15N3. The molecule has 0 saturated heterocycles. The van der Waals surface area contributed by atoms with E-state index in [1.165, 1.54) is 0 Å². The topological polar surface area (TPSA) is 48.7 Å². The third-order valence-electron chi connectivity index (χ3n) is 2.93. The fourth-order valence-corrected chi connectivity index (χ4v) is 1.85. The molecule has 2 aromatic rings. The van der Waals surface area contributed by atoms with Gasteiger partial charge >= 0.3 is 0 Å². The second-order valence-electron chi connectivity index (χ2n) is 4.49. The van der Waals surface area contributed by atoms with E-state index in [1.807, 2.05) is 25.1 Å². The quantitative estimate of drug-likeness (QED) is 0.902. The molecule has 1 aromatic heterocycles. The summed E-state index contributed by atoms with van der Waals surface area (Å²) in [7, 11) is 0. The number of rotatable bonds is 4. The minimum absolute atomic E-state index is 0.630. The van der Waals surface area contributed by atoms with Gasteiger partial charge in [-0.2, -0.15) is 5.26 Å². The average molecular weight is 261 g/mol. The van der Waals surface area contributed by atoms with Crippen LogP contribution in [0, 0.1) is 11.3 Å². The highest BCUT2D eigenvalue weighted by Crippen LogP contribution is 2.24. The Balaban J connectivity index is 2.23. The van der Waals surface area contributed by atoms with Gasteiger partial charge in [0.15, 0.2) is 0 Å². The summed E-state index contributed by atoms with van der Waals surface area (Å²) in [6.07, 6.45) is 3.48. The molecule has 2 rings (SSSR count). The van der Waals surface area contributed by atoms with Gasteiger partial charge < -0.3 is 5.32 Å². The van der Waals surface area contributed by atoms with Crippen LogP contribution in [0.15, 0.2) is 55.9 Å². The first-order valence-corrected chi connectivity index (χ1v) is 6.18. The molecule has 0 aliphatic carbocycles. The molecule has 0 aliphatic rings. The minimum atomic E-state index is 0.630. The maximum atomic E-state index is 8.79.